The summed E-state index contributed by atoms with van der Waals surface area (Å²) in [5.74, 6) is -0.150. The predicted molar refractivity (Wildman–Crippen MR) is 95.5 cm³/mol. The van der Waals surface area contributed by atoms with E-state index >= 15 is 0 Å². The van der Waals surface area contributed by atoms with E-state index in [-0.39, 0.29) is 42.1 Å². The maximum atomic E-state index is 12.0. The Kier molecular flexibility index (Phi) is 8.58. The number of benzene rings is 1. The van der Waals surface area contributed by atoms with Gasteiger partial charge < -0.3 is 19.9 Å². The van der Waals surface area contributed by atoms with Crippen LogP contribution in [0.2, 0.25) is 0 Å². The largest absolute Gasteiger partial charge is 0.423 e. The van der Waals surface area contributed by atoms with Crippen molar-refractivity contribution in [2.45, 2.75) is 46.6 Å². The summed E-state index contributed by atoms with van der Waals surface area (Å²) in [4.78, 5) is 23.9. The summed E-state index contributed by atoms with van der Waals surface area (Å²) in [5, 5.41) is 13.0. The molecule has 1 aromatic carbocycles. The lowest BCUT2D eigenvalue weighted by Gasteiger charge is -2.16. The monoisotopic (exact) mass is 351 g/mol. The van der Waals surface area contributed by atoms with Crippen molar-refractivity contribution in [3.8, 4) is 11.5 Å². The first-order chi connectivity index (χ1) is 11.7. The summed E-state index contributed by atoms with van der Waals surface area (Å²) in [5.41, 5.74) is 0.574. The number of likely N-dealkylation sites (N-methyl/N-ethyl adjacent to an activating group) is 1. The number of ether oxygens (including phenoxy) is 2. The topological polar surface area (TPSA) is 84.9 Å². The average Bonchev–Trinajstić information content (AvgIpc) is 2.47. The molecular formula is C19H29NO5. The SMILES string of the molecule is CNC[C@H](O)c1ccc(OC(=O)CC(C)C)c(OC(=O)CC(C)C)c1. The molecule has 0 radical (unpaired) electrons. The molecule has 0 aliphatic carbocycles. The number of carbonyl (C=O) groups excluding carboxylic acids is 2. The molecule has 0 amide bonds. The van der Waals surface area contributed by atoms with Crippen molar-refractivity contribution in [2.75, 3.05) is 13.6 Å². The van der Waals surface area contributed by atoms with Gasteiger partial charge in [-0.15, -0.1) is 0 Å². The van der Waals surface area contributed by atoms with E-state index in [2.05, 4.69) is 5.32 Å². The van der Waals surface area contributed by atoms with Gasteiger partial charge in [-0.3, -0.25) is 9.59 Å². The summed E-state index contributed by atoms with van der Waals surface area (Å²) < 4.78 is 10.7. The number of esters is 2. The van der Waals surface area contributed by atoms with Crippen LogP contribution >= 0.6 is 0 Å². The van der Waals surface area contributed by atoms with E-state index in [1.54, 1.807) is 19.2 Å². The molecule has 0 aromatic heterocycles. The van der Waals surface area contributed by atoms with Crippen LogP contribution in [0.3, 0.4) is 0 Å². The average molecular weight is 351 g/mol. The second kappa shape index (κ2) is 10.2. The van der Waals surface area contributed by atoms with Crippen LogP contribution in [0.5, 0.6) is 11.5 Å². The van der Waals surface area contributed by atoms with Crippen molar-refractivity contribution in [1.82, 2.24) is 5.32 Å². The summed E-state index contributed by atoms with van der Waals surface area (Å²) in [6, 6.07) is 4.74. The first-order valence-electron chi connectivity index (χ1n) is 8.60. The van der Waals surface area contributed by atoms with Crippen LogP contribution in [0.25, 0.3) is 0 Å². The Balaban J connectivity index is 3.04. The minimum Gasteiger partial charge on any atom is -0.423 e. The molecule has 0 spiro atoms. The number of aliphatic hydroxyl groups excluding tert-OH is 1. The fourth-order valence-electron chi connectivity index (χ4n) is 2.20. The smallest absolute Gasteiger partial charge is 0.311 e. The Morgan fingerprint density at radius 3 is 2.00 bits per heavy atom. The zero-order valence-corrected chi connectivity index (χ0v) is 15.7. The third kappa shape index (κ3) is 7.67. The fraction of sp³-hybridized carbons (Fsp3) is 0.579. The molecule has 0 heterocycles. The first kappa shape index (κ1) is 21.1. The van der Waals surface area contributed by atoms with Gasteiger partial charge in [0.05, 0.1) is 6.10 Å². The Morgan fingerprint density at radius 2 is 1.52 bits per heavy atom. The lowest BCUT2D eigenvalue weighted by molar-refractivity contribution is -0.138. The molecule has 1 rings (SSSR count). The van der Waals surface area contributed by atoms with E-state index in [1.807, 2.05) is 27.7 Å². The second-order valence-electron chi connectivity index (χ2n) is 6.92. The summed E-state index contributed by atoms with van der Waals surface area (Å²) >= 11 is 0. The standard InChI is InChI=1S/C19H29NO5/c1-12(2)8-18(22)24-16-7-6-14(15(21)11-20-5)10-17(16)25-19(23)9-13(3)4/h6-7,10,12-13,15,20-21H,8-9,11H2,1-5H3/t15-/m0/s1. The van der Waals surface area contributed by atoms with Gasteiger partial charge in [-0.1, -0.05) is 33.8 Å². The molecule has 2 N–H and O–H groups in total. The highest BCUT2D eigenvalue weighted by atomic mass is 16.6. The molecule has 0 saturated heterocycles. The highest BCUT2D eigenvalue weighted by Crippen LogP contribution is 2.31. The summed E-state index contributed by atoms with van der Waals surface area (Å²) in [7, 11) is 1.73. The van der Waals surface area contributed by atoms with Gasteiger partial charge in [0.25, 0.3) is 0 Å². The van der Waals surface area contributed by atoms with Gasteiger partial charge in [0.2, 0.25) is 0 Å². The van der Waals surface area contributed by atoms with Crippen LogP contribution in [-0.4, -0.2) is 30.6 Å². The Hall–Kier alpha value is -1.92. The van der Waals surface area contributed by atoms with Crippen molar-refractivity contribution in [3.05, 3.63) is 23.8 Å². The Morgan fingerprint density at radius 1 is 1.00 bits per heavy atom. The molecule has 0 fully saturated rings. The molecule has 0 bridgehead atoms. The van der Waals surface area contributed by atoms with Gasteiger partial charge >= 0.3 is 11.9 Å². The van der Waals surface area contributed by atoms with Crippen molar-refractivity contribution in [1.29, 1.82) is 0 Å². The Labute approximate surface area is 149 Å². The third-order valence-corrected chi connectivity index (χ3v) is 3.35. The maximum absolute atomic E-state index is 12.0. The molecular weight excluding hydrogens is 322 g/mol. The van der Waals surface area contributed by atoms with Crippen LogP contribution in [0.4, 0.5) is 0 Å². The molecule has 0 saturated carbocycles. The lowest BCUT2D eigenvalue weighted by atomic mass is 10.1. The minimum atomic E-state index is -0.757. The van der Waals surface area contributed by atoms with E-state index in [4.69, 9.17) is 9.47 Å². The zero-order chi connectivity index (χ0) is 19.0. The predicted octanol–water partition coefficient (Wildman–Crippen LogP) is 2.84. The van der Waals surface area contributed by atoms with E-state index in [0.717, 1.165) is 0 Å². The molecule has 0 unspecified atom stereocenters. The van der Waals surface area contributed by atoms with Crippen LogP contribution in [0.1, 0.15) is 52.2 Å². The van der Waals surface area contributed by atoms with Gasteiger partial charge in [-0.25, -0.2) is 0 Å². The van der Waals surface area contributed by atoms with Crippen molar-refractivity contribution in [2.24, 2.45) is 11.8 Å². The molecule has 6 heteroatoms. The molecule has 140 valence electrons. The number of aliphatic hydroxyl groups is 1. The highest BCUT2D eigenvalue weighted by Gasteiger charge is 2.18. The van der Waals surface area contributed by atoms with Crippen LogP contribution in [-0.2, 0) is 9.59 Å². The summed E-state index contributed by atoms with van der Waals surface area (Å²) in [6.45, 7) is 8.02. The molecule has 0 aliphatic heterocycles. The zero-order valence-electron chi connectivity index (χ0n) is 15.7. The third-order valence-electron chi connectivity index (χ3n) is 3.35. The van der Waals surface area contributed by atoms with E-state index in [9.17, 15) is 14.7 Å². The quantitative estimate of drug-likeness (QED) is 0.526. The van der Waals surface area contributed by atoms with Gasteiger partial charge in [0.15, 0.2) is 11.5 Å². The van der Waals surface area contributed by atoms with Crippen molar-refractivity contribution in [3.63, 3.8) is 0 Å². The van der Waals surface area contributed by atoms with E-state index in [0.29, 0.717) is 12.1 Å². The number of nitrogens with one attached hydrogen (secondary N) is 1. The summed E-state index contributed by atoms with van der Waals surface area (Å²) in [6.07, 6.45) is -0.236. The van der Waals surface area contributed by atoms with E-state index < -0.39 is 12.1 Å². The van der Waals surface area contributed by atoms with Crippen molar-refractivity contribution < 1.29 is 24.2 Å². The molecule has 1 atom stereocenters. The van der Waals surface area contributed by atoms with Crippen LogP contribution in [0, 0.1) is 11.8 Å². The van der Waals surface area contributed by atoms with Crippen LogP contribution in [0.15, 0.2) is 18.2 Å². The number of carbonyl (C=O) groups is 2. The van der Waals surface area contributed by atoms with Gasteiger partial charge in [-0.05, 0) is 36.6 Å². The molecule has 25 heavy (non-hydrogen) atoms. The Bertz CT molecular complexity index is 583. The first-order valence-corrected chi connectivity index (χ1v) is 8.60. The number of hydrogen-bond acceptors (Lipinski definition) is 6. The number of hydrogen-bond donors (Lipinski definition) is 2. The lowest BCUT2D eigenvalue weighted by Crippen LogP contribution is -2.18. The van der Waals surface area contributed by atoms with Crippen LogP contribution < -0.4 is 14.8 Å². The minimum absolute atomic E-state index is 0.149. The molecule has 6 nitrogen and oxygen atoms in total. The van der Waals surface area contributed by atoms with Gasteiger partial charge in [-0.2, -0.15) is 0 Å². The fourth-order valence-corrected chi connectivity index (χ4v) is 2.20. The van der Waals surface area contributed by atoms with Gasteiger partial charge in [0.1, 0.15) is 0 Å². The van der Waals surface area contributed by atoms with Crippen molar-refractivity contribution >= 4 is 11.9 Å². The maximum Gasteiger partial charge on any atom is 0.311 e. The number of rotatable bonds is 9. The normalized spacial score (nSPS) is 12.3. The highest BCUT2D eigenvalue weighted by molar-refractivity contribution is 5.76. The molecule has 0 aliphatic rings. The second-order valence-corrected chi connectivity index (χ2v) is 6.92. The molecule has 1 aromatic rings. The van der Waals surface area contributed by atoms with Gasteiger partial charge in [0, 0.05) is 19.4 Å². The van der Waals surface area contributed by atoms with E-state index in [1.165, 1.54) is 6.07 Å².